The van der Waals surface area contributed by atoms with Gasteiger partial charge in [0.1, 0.15) is 0 Å². The Labute approximate surface area is 190 Å². The molecule has 0 bridgehead atoms. The Morgan fingerprint density at radius 1 is 1.13 bits per heavy atom. The molecule has 168 valence electrons. The van der Waals surface area contributed by atoms with E-state index in [9.17, 15) is 0 Å². The SMILES string of the molecule is CC(C)=CCC/C(C)=C/CC[C@@]12C=NC=C(CCCOCc3ccccc3)[C@@H]1CCC2. The van der Waals surface area contributed by atoms with E-state index in [0.717, 1.165) is 19.4 Å². The first-order valence-corrected chi connectivity index (χ1v) is 12.2. The summed E-state index contributed by atoms with van der Waals surface area (Å²) in [5, 5.41) is 0. The van der Waals surface area contributed by atoms with Crippen LogP contribution in [0.3, 0.4) is 0 Å². The van der Waals surface area contributed by atoms with Gasteiger partial charge < -0.3 is 4.74 Å². The van der Waals surface area contributed by atoms with Gasteiger partial charge in [-0.25, -0.2) is 0 Å². The maximum atomic E-state index is 5.91. The van der Waals surface area contributed by atoms with Crippen LogP contribution >= 0.6 is 0 Å². The zero-order valence-corrected chi connectivity index (χ0v) is 19.9. The minimum Gasteiger partial charge on any atom is -0.377 e. The van der Waals surface area contributed by atoms with Crippen molar-refractivity contribution >= 4 is 6.21 Å². The Kier molecular flexibility index (Phi) is 9.33. The minimum atomic E-state index is 0.297. The smallest absolute Gasteiger partial charge is 0.0716 e. The fourth-order valence-corrected chi connectivity index (χ4v) is 5.20. The van der Waals surface area contributed by atoms with Crippen molar-refractivity contribution in [2.24, 2.45) is 16.3 Å². The van der Waals surface area contributed by atoms with Crippen molar-refractivity contribution in [2.75, 3.05) is 6.61 Å². The number of ether oxygens (including phenoxy) is 1. The lowest BCUT2D eigenvalue weighted by Crippen LogP contribution is -2.30. The molecule has 0 saturated heterocycles. The molecule has 0 unspecified atom stereocenters. The molecule has 1 saturated carbocycles. The lowest BCUT2D eigenvalue weighted by Gasteiger charge is -2.35. The highest BCUT2D eigenvalue weighted by Crippen LogP contribution is 2.51. The molecule has 2 heteroatoms. The average molecular weight is 420 g/mol. The molecule has 1 aliphatic carbocycles. The van der Waals surface area contributed by atoms with Crippen molar-refractivity contribution in [3.05, 3.63) is 71.0 Å². The number of allylic oxidation sites excluding steroid dienone is 5. The number of rotatable bonds is 12. The summed E-state index contributed by atoms with van der Waals surface area (Å²) in [7, 11) is 0. The zero-order valence-electron chi connectivity index (χ0n) is 19.9. The van der Waals surface area contributed by atoms with Crippen LogP contribution in [-0.2, 0) is 11.3 Å². The molecule has 0 aromatic heterocycles. The summed E-state index contributed by atoms with van der Waals surface area (Å²) in [5.74, 6) is 0.693. The highest BCUT2D eigenvalue weighted by Gasteiger charge is 2.43. The van der Waals surface area contributed by atoms with Crippen molar-refractivity contribution in [2.45, 2.75) is 85.2 Å². The summed E-state index contributed by atoms with van der Waals surface area (Å²) in [6.07, 6.45) is 20.2. The first-order chi connectivity index (χ1) is 15.1. The van der Waals surface area contributed by atoms with Gasteiger partial charge in [0, 0.05) is 24.4 Å². The maximum Gasteiger partial charge on any atom is 0.0716 e. The van der Waals surface area contributed by atoms with Crippen LogP contribution in [0.25, 0.3) is 0 Å². The fourth-order valence-electron chi connectivity index (χ4n) is 5.20. The van der Waals surface area contributed by atoms with Crippen LogP contribution in [-0.4, -0.2) is 12.8 Å². The lowest BCUT2D eigenvalue weighted by molar-refractivity contribution is 0.118. The van der Waals surface area contributed by atoms with Crippen molar-refractivity contribution < 1.29 is 4.74 Å². The standard InChI is InChI=1S/C29H41NO/c1-24(2)11-7-12-25(3)13-8-18-29-19-9-17-28(29)27(21-30-23-29)16-10-20-31-22-26-14-5-4-6-15-26/h4-6,11,13-15,21,23,28H,7-10,12,16-20,22H2,1-3H3/b25-13+/t28-,29+/m0/s1. The monoisotopic (exact) mass is 419 g/mol. The summed E-state index contributed by atoms with van der Waals surface area (Å²) in [4.78, 5) is 4.73. The molecular weight excluding hydrogens is 378 g/mol. The van der Waals surface area contributed by atoms with Crippen molar-refractivity contribution in [3.8, 4) is 0 Å². The molecule has 1 aromatic carbocycles. The summed E-state index contributed by atoms with van der Waals surface area (Å²) in [6, 6.07) is 10.5. The summed E-state index contributed by atoms with van der Waals surface area (Å²) in [6.45, 7) is 8.19. The summed E-state index contributed by atoms with van der Waals surface area (Å²) < 4.78 is 5.91. The number of hydrogen-bond acceptors (Lipinski definition) is 2. The van der Waals surface area contributed by atoms with E-state index in [1.165, 1.54) is 61.7 Å². The van der Waals surface area contributed by atoms with Crippen LogP contribution in [0.1, 0.15) is 84.1 Å². The van der Waals surface area contributed by atoms with E-state index in [4.69, 9.17) is 9.73 Å². The second kappa shape index (κ2) is 12.2. The van der Waals surface area contributed by atoms with E-state index in [2.05, 4.69) is 75.7 Å². The normalized spacial score (nSPS) is 22.9. The molecule has 2 atom stereocenters. The van der Waals surface area contributed by atoms with E-state index in [1.54, 1.807) is 5.57 Å². The van der Waals surface area contributed by atoms with Crippen LogP contribution < -0.4 is 0 Å². The molecule has 1 aromatic rings. The maximum absolute atomic E-state index is 5.91. The van der Waals surface area contributed by atoms with Crippen molar-refractivity contribution in [1.29, 1.82) is 0 Å². The molecule has 0 spiro atoms. The Hall–Kier alpha value is -1.93. The highest BCUT2D eigenvalue weighted by atomic mass is 16.5. The molecule has 3 rings (SSSR count). The van der Waals surface area contributed by atoms with Gasteiger partial charge in [-0.15, -0.1) is 0 Å². The summed E-state index contributed by atoms with van der Waals surface area (Å²) in [5.41, 5.74) is 6.06. The van der Waals surface area contributed by atoms with Crippen LogP contribution in [0.15, 0.2) is 70.4 Å². The third-order valence-corrected chi connectivity index (χ3v) is 6.91. The fraction of sp³-hybridized carbons (Fsp3) is 0.552. The van der Waals surface area contributed by atoms with Gasteiger partial charge >= 0.3 is 0 Å². The Balaban J connectivity index is 1.44. The number of fused-ring (bicyclic) bond motifs is 1. The quantitative estimate of drug-likeness (QED) is 0.247. The Morgan fingerprint density at radius 2 is 1.97 bits per heavy atom. The van der Waals surface area contributed by atoms with Gasteiger partial charge in [0.25, 0.3) is 0 Å². The predicted molar refractivity (Wildman–Crippen MR) is 133 cm³/mol. The lowest BCUT2D eigenvalue weighted by atomic mass is 9.70. The van der Waals surface area contributed by atoms with E-state index in [0.29, 0.717) is 17.9 Å². The minimum absolute atomic E-state index is 0.297. The van der Waals surface area contributed by atoms with E-state index in [1.807, 2.05) is 0 Å². The molecule has 0 amide bonds. The molecule has 2 nitrogen and oxygen atoms in total. The van der Waals surface area contributed by atoms with E-state index < -0.39 is 0 Å². The Bertz CT molecular complexity index is 797. The van der Waals surface area contributed by atoms with Gasteiger partial charge in [0.15, 0.2) is 0 Å². The number of hydrogen-bond donors (Lipinski definition) is 0. The topological polar surface area (TPSA) is 21.6 Å². The van der Waals surface area contributed by atoms with Gasteiger partial charge in [-0.2, -0.15) is 0 Å². The zero-order chi connectivity index (χ0) is 21.9. The van der Waals surface area contributed by atoms with Gasteiger partial charge in [-0.3, -0.25) is 4.99 Å². The molecule has 31 heavy (non-hydrogen) atoms. The second-order valence-corrected chi connectivity index (χ2v) is 9.71. The number of nitrogens with zero attached hydrogens (tertiary/aromatic N) is 1. The van der Waals surface area contributed by atoms with Crippen LogP contribution in [0, 0.1) is 11.3 Å². The van der Waals surface area contributed by atoms with E-state index >= 15 is 0 Å². The van der Waals surface area contributed by atoms with E-state index in [-0.39, 0.29) is 0 Å². The summed E-state index contributed by atoms with van der Waals surface area (Å²) >= 11 is 0. The van der Waals surface area contributed by atoms with Gasteiger partial charge in [0.05, 0.1) is 6.61 Å². The average Bonchev–Trinajstić information content (AvgIpc) is 3.19. The first-order valence-electron chi connectivity index (χ1n) is 12.2. The van der Waals surface area contributed by atoms with Crippen LogP contribution in [0.5, 0.6) is 0 Å². The third kappa shape index (κ3) is 7.31. The molecule has 1 heterocycles. The van der Waals surface area contributed by atoms with Crippen LogP contribution in [0.4, 0.5) is 0 Å². The first kappa shape index (κ1) is 23.7. The van der Waals surface area contributed by atoms with Gasteiger partial charge in [-0.1, -0.05) is 60.1 Å². The molecular formula is C29H41NO. The second-order valence-electron chi connectivity index (χ2n) is 9.71. The number of aliphatic imine (C=N–C) groups is 1. The van der Waals surface area contributed by atoms with Gasteiger partial charge in [-0.05, 0) is 89.2 Å². The molecule has 0 radical (unpaired) electrons. The molecule has 1 aliphatic heterocycles. The largest absolute Gasteiger partial charge is 0.377 e. The predicted octanol–water partition coefficient (Wildman–Crippen LogP) is 8.21. The molecule has 2 aliphatic rings. The third-order valence-electron chi connectivity index (χ3n) is 6.91. The van der Waals surface area contributed by atoms with Gasteiger partial charge in [0.2, 0.25) is 0 Å². The van der Waals surface area contributed by atoms with Crippen molar-refractivity contribution in [3.63, 3.8) is 0 Å². The molecule has 0 N–H and O–H groups in total. The Morgan fingerprint density at radius 3 is 2.77 bits per heavy atom. The number of benzene rings is 1. The highest BCUT2D eigenvalue weighted by molar-refractivity contribution is 5.70. The van der Waals surface area contributed by atoms with Crippen LogP contribution in [0.2, 0.25) is 0 Å². The molecule has 1 fully saturated rings. The van der Waals surface area contributed by atoms with Crippen molar-refractivity contribution in [1.82, 2.24) is 0 Å².